The van der Waals surface area contributed by atoms with E-state index in [1.165, 1.54) is 0 Å². The molecule has 1 amide bonds. The summed E-state index contributed by atoms with van der Waals surface area (Å²) in [5, 5.41) is 2.55. The standard InChI is InChI=1S/C13H16Cl3N3O3/c1-3-4-6(2)18-7(20)5-22-13(21)11-8(14)10(17)9(15)12(16)19-11/h6H,3-5H2,1-2H3,(H2,17,19)(H,18,20)/p+1/t6-/m1/s1. The molecule has 1 aromatic heterocycles. The molecule has 0 aliphatic rings. The number of carbonyl (C=O) groups is 2. The number of nitrogens with two attached hydrogens (primary N) is 1. The molecule has 0 aromatic carbocycles. The molecule has 0 aliphatic heterocycles. The van der Waals surface area contributed by atoms with Crippen molar-refractivity contribution in [3.63, 3.8) is 0 Å². The van der Waals surface area contributed by atoms with Crippen molar-refractivity contribution in [2.75, 3.05) is 12.3 Å². The Labute approximate surface area is 143 Å². The molecular weight excluding hydrogens is 353 g/mol. The van der Waals surface area contributed by atoms with Gasteiger partial charge in [-0.05, 0) is 24.9 Å². The maximum Gasteiger partial charge on any atom is 0.405 e. The molecule has 1 rings (SSSR count). The number of esters is 1. The summed E-state index contributed by atoms with van der Waals surface area (Å²) < 4.78 is 4.88. The van der Waals surface area contributed by atoms with Gasteiger partial charge in [0.2, 0.25) is 0 Å². The van der Waals surface area contributed by atoms with Gasteiger partial charge < -0.3 is 15.8 Å². The maximum absolute atomic E-state index is 11.9. The summed E-state index contributed by atoms with van der Waals surface area (Å²) in [7, 11) is 0. The lowest BCUT2D eigenvalue weighted by Crippen LogP contribution is -2.36. The first kappa shape index (κ1) is 18.8. The number of hydrogen-bond donors (Lipinski definition) is 2. The number of H-pyrrole nitrogens is 1. The lowest BCUT2D eigenvalue weighted by atomic mass is 10.2. The van der Waals surface area contributed by atoms with Crippen molar-refractivity contribution in [3.05, 3.63) is 20.9 Å². The molecule has 1 heterocycles. The number of pyridine rings is 1. The second kappa shape index (κ2) is 8.41. The minimum Gasteiger partial charge on any atom is -0.448 e. The molecule has 0 saturated heterocycles. The lowest BCUT2D eigenvalue weighted by Gasteiger charge is -2.12. The quantitative estimate of drug-likeness (QED) is 0.595. The Bertz CT molecular complexity index is 581. The van der Waals surface area contributed by atoms with E-state index < -0.39 is 18.5 Å². The van der Waals surface area contributed by atoms with E-state index in [9.17, 15) is 9.59 Å². The second-order valence-corrected chi connectivity index (χ2v) is 5.82. The molecule has 0 spiro atoms. The molecule has 22 heavy (non-hydrogen) atoms. The third kappa shape index (κ3) is 4.90. The number of hydrogen-bond acceptors (Lipinski definition) is 4. The van der Waals surface area contributed by atoms with Crippen LogP contribution in [0, 0.1) is 0 Å². The Balaban J connectivity index is 2.69. The molecule has 0 bridgehead atoms. The molecule has 1 atom stereocenters. The van der Waals surface area contributed by atoms with E-state index in [1.807, 2.05) is 13.8 Å². The fourth-order valence-electron chi connectivity index (χ4n) is 1.73. The Kier molecular flexibility index (Phi) is 7.19. The van der Waals surface area contributed by atoms with Gasteiger partial charge in [-0.15, -0.1) is 0 Å². The molecule has 0 unspecified atom stereocenters. The zero-order valence-electron chi connectivity index (χ0n) is 12.1. The molecule has 1 aromatic rings. The number of halogens is 3. The number of anilines is 1. The molecular formula is C13H17Cl3N3O3+. The summed E-state index contributed by atoms with van der Waals surface area (Å²) in [6, 6.07) is 0.00646. The fraction of sp³-hybridized carbons (Fsp3) is 0.462. The largest absolute Gasteiger partial charge is 0.448 e. The van der Waals surface area contributed by atoms with Crippen LogP contribution in [0.1, 0.15) is 37.2 Å². The average molecular weight is 370 g/mol. The molecule has 0 aliphatic carbocycles. The van der Waals surface area contributed by atoms with E-state index >= 15 is 0 Å². The van der Waals surface area contributed by atoms with Gasteiger partial charge in [0, 0.05) is 6.04 Å². The second-order valence-electron chi connectivity index (χ2n) is 4.69. The highest BCUT2D eigenvalue weighted by Crippen LogP contribution is 2.32. The predicted octanol–water partition coefficient (Wildman–Crippen LogP) is 2.50. The van der Waals surface area contributed by atoms with E-state index in [2.05, 4.69) is 10.3 Å². The SMILES string of the molecule is CCC[C@@H](C)NC(=O)COC(=O)c1[nH+]c(Cl)c(Cl)c(N)c1Cl. The molecule has 4 N–H and O–H groups in total. The highest BCUT2D eigenvalue weighted by atomic mass is 35.5. The van der Waals surface area contributed by atoms with Gasteiger partial charge in [0.1, 0.15) is 10.0 Å². The van der Waals surface area contributed by atoms with Crippen molar-refractivity contribution >= 4 is 52.4 Å². The third-order valence-corrected chi connectivity index (χ3v) is 3.95. The van der Waals surface area contributed by atoms with Gasteiger partial charge in [-0.3, -0.25) is 4.79 Å². The third-order valence-electron chi connectivity index (χ3n) is 2.79. The Morgan fingerprint density at radius 2 is 1.95 bits per heavy atom. The van der Waals surface area contributed by atoms with E-state index in [0.29, 0.717) is 0 Å². The first-order valence-corrected chi connectivity index (χ1v) is 7.73. The highest BCUT2D eigenvalue weighted by molar-refractivity contribution is 6.45. The summed E-state index contributed by atoms with van der Waals surface area (Å²) in [5.74, 6) is -1.26. The number of nitrogen functional groups attached to an aromatic ring is 1. The lowest BCUT2D eigenvalue weighted by molar-refractivity contribution is -0.380. The summed E-state index contributed by atoms with van der Waals surface area (Å²) in [4.78, 5) is 26.0. The van der Waals surface area contributed by atoms with Crippen LogP contribution < -0.4 is 16.0 Å². The van der Waals surface area contributed by atoms with Gasteiger partial charge in [-0.2, -0.15) is 4.98 Å². The van der Waals surface area contributed by atoms with Crippen LogP contribution in [0.4, 0.5) is 5.69 Å². The summed E-state index contributed by atoms with van der Waals surface area (Å²) >= 11 is 17.5. The van der Waals surface area contributed by atoms with E-state index in [0.717, 1.165) is 12.8 Å². The fourth-order valence-corrected chi connectivity index (χ4v) is 2.34. The zero-order chi connectivity index (χ0) is 16.9. The molecule has 6 nitrogen and oxygen atoms in total. The van der Waals surface area contributed by atoms with Crippen LogP contribution in [-0.4, -0.2) is 24.5 Å². The summed E-state index contributed by atoms with van der Waals surface area (Å²) in [6.07, 6.45) is 1.77. The van der Waals surface area contributed by atoms with Crippen molar-refractivity contribution < 1.29 is 19.3 Å². The Morgan fingerprint density at radius 3 is 2.55 bits per heavy atom. The van der Waals surface area contributed by atoms with Gasteiger partial charge >= 0.3 is 11.7 Å². The molecule has 0 radical (unpaired) electrons. The van der Waals surface area contributed by atoms with Crippen molar-refractivity contribution in [3.8, 4) is 0 Å². The van der Waals surface area contributed by atoms with Crippen LogP contribution in [0.5, 0.6) is 0 Å². The molecule has 9 heteroatoms. The molecule has 0 fully saturated rings. The number of aromatic amines is 1. The first-order chi connectivity index (χ1) is 10.3. The van der Waals surface area contributed by atoms with E-state index in [4.69, 9.17) is 45.3 Å². The van der Waals surface area contributed by atoms with Gasteiger partial charge in [0.25, 0.3) is 11.1 Å². The van der Waals surface area contributed by atoms with Crippen LogP contribution in [0.2, 0.25) is 15.2 Å². The normalized spacial score (nSPS) is 11.9. The van der Waals surface area contributed by atoms with Crippen LogP contribution in [0.3, 0.4) is 0 Å². The number of aromatic nitrogens is 1. The number of ether oxygens (including phenoxy) is 1. The van der Waals surface area contributed by atoms with Crippen molar-refractivity contribution in [1.82, 2.24) is 5.32 Å². The smallest absolute Gasteiger partial charge is 0.405 e. The topological polar surface area (TPSA) is 95.6 Å². The molecule has 122 valence electrons. The van der Waals surface area contributed by atoms with Gasteiger partial charge in [-0.1, -0.05) is 36.5 Å². The minimum absolute atomic E-state index is 0.00646. The zero-order valence-corrected chi connectivity index (χ0v) is 14.4. The van der Waals surface area contributed by atoms with E-state index in [1.54, 1.807) is 0 Å². The van der Waals surface area contributed by atoms with Crippen LogP contribution in [-0.2, 0) is 9.53 Å². The van der Waals surface area contributed by atoms with Gasteiger partial charge in [0.05, 0.1) is 5.69 Å². The number of amides is 1. The van der Waals surface area contributed by atoms with Crippen LogP contribution in [0.25, 0.3) is 0 Å². The maximum atomic E-state index is 11.9. The Morgan fingerprint density at radius 1 is 1.32 bits per heavy atom. The van der Waals surface area contributed by atoms with Crippen molar-refractivity contribution in [2.45, 2.75) is 32.7 Å². The van der Waals surface area contributed by atoms with E-state index in [-0.39, 0.29) is 32.6 Å². The average Bonchev–Trinajstić information content (AvgIpc) is 2.46. The van der Waals surface area contributed by atoms with Crippen LogP contribution in [0.15, 0.2) is 0 Å². The summed E-state index contributed by atoms with van der Waals surface area (Å²) in [6.45, 7) is 3.44. The van der Waals surface area contributed by atoms with Crippen molar-refractivity contribution in [2.24, 2.45) is 0 Å². The first-order valence-electron chi connectivity index (χ1n) is 6.59. The van der Waals surface area contributed by atoms with Gasteiger partial charge in [-0.25, -0.2) is 4.79 Å². The number of rotatable bonds is 6. The predicted molar refractivity (Wildman–Crippen MR) is 85.2 cm³/mol. The molecule has 0 saturated carbocycles. The Hall–Kier alpha value is -1.24. The van der Waals surface area contributed by atoms with Crippen LogP contribution >= 0.6 is 34.8 Å². The highest BCUT2D eigenvalue weighted by Gasteiger charge is 2.27. The summed E-state index contributed by atoms with van der Waals surface area (Å²) in [5.41, 5.74) is 5.42. The minimum atomic E-state index is -0.853. The number of carbonyl (C=O) groups excluding carboxylic acids is 2. The van der Waals surface area contributed by atoms with Crippen molar-refractivity contribution in [1.29, 1.82) is 0 Å². The number of nitrogens with one attached hydrogen (secondary N) is 2. The monoisotopic (exact) mass is 368 g/mol. The van der Waals surface area contributed by atoms with Gasteiger partial charge in [0.15, 0.2) is 6.61 Å².